The Hall–Kier alpha value is -3.48. The topological polar surface area (TPSA) is 71.3 Å². The molecule has 7 nitrogen and oxygen atoms in total. The van der Waals surface area contributed by atoms with Crippen molar-refractivity contribution in [2.75, 3.05) is 29.4 Å². The van der Waals surface area contributed by atoms with Gasteiger partial charge in [-0.15, -0.1) is 0 Å². The van der Waals surface area contributed by atoms with Gasteiger partial charge in [0.15, 0.2) is 0 Å². The van der Waals surface area contributed by atoms with Crippen LogP contribution in [0.1, 0.15) is 24.8 Å². The zero-order chi connectivity index (χ0) is 22.1. The Kier molecular flexibility index (Phi) is 5.47. The number of hydrogen-bond donors (Lipinski definition) is 0. The molecule has 0 aliphatic carbocycles. The summed E-state index contributed by atoms with van der Waals surface area (Å²) in [6, 6.07) is 13.5. The van der Waals surface area contributed by atoms with Crippen LogP contribution in [0.2, 0.25) is 0 Å². The quantitative estimate of drug-likeness (QED) is 0.640. The first-order valence-electron chi connectivity index (χ1n) is 11.2. The monoisotopic (exact) mass is 429 g/mol. The molecule has 32 heavy (non-hydrogen) atoms. The van der Waals surface area contributed by atoms with E-state index in [1.807, 2.05) is 29.2 Å². The van der Waals surface area contributed by atoms with E-state index < -0.39 is 0 Å². The number of aromatic nitrogens is 3. The summed E-state index contributed by atoms with van der Waals surface area (Å²) in [5, 5.41) is 0. The predicted octanol–water partition coefficient (Wildman–Crippen LogP) is 3.04. The van der Waals surface area contributed by atoms with Crippen LogP contribution in [0.4, 0.5) is 11.6 Å². The third-order valence-electron chi connectivity index (χ3n) is 6.59. The van der Waals surface area contributed by atoms with E-state index in [2.05, 4.69) is 22.0 Å². The van der Waals surface area contributed by atoms with Gasteiger partial charge < -0.3 is 9.80 Å². The van der Waals surface area contributed by atoms with E-state index in [4.69, 9.17) is 4.98 Å². The van der Waals surface area contributed by atoms with E-state index in [0.29, 0.717) is 24.7 Å². The molecule has 164 valence electrons. The molecule has 0 unspecified atom stereocenters. The van der Waals surface area contributed by atoms with Crippen molar-refractivity contribution >= 4 is 17.5 Å². The average molecular weight is 430 g/mol. The Bertz CT molecular complexity index is 1180. The van der Waals surface area contributed by atoms with Crippen LogP contribution in [0.25, 0.3) is 11.3 Å². The maximum Gasteiger partial charge on any atom is 0.255 e. The highest BCUT2D eigenvalue weighted by atomic mass is 16.2. The lowest BCUT2D eigenvalue weighted by Gasteiger charge is -2.37. The summed E-state index contributed by atoms with van der Waals surface area (Å²) in [6.45, 7) is 2.19. The number of para-hydroxylation sites is 1. The Labute approximate surface area is 187 Å². The molecule has 5 rings (SSSR count). The van der Waals surface area contributed by atoms with Crippen LogP contribution in [0.15, 0.2) is 59.7 Å². The number of fused-ring (bicyclic) bond motifs is 1. The average Bonchev–Trinajstić information content (AvgIpc) is 2.85. The number of amides is 1. The summed E-state index contributed by atoms with van der Waals surface area (Å²) in [5.41, 5.74) is 3.75. The van der Waals surface area contributed by atoms with Gasteiger partial charge in [-0.2, -0.15) is 0 Å². The maximum atomic E-state index is 13.3. The third kappa shape index (κ3) is 3.79. The fraction of sp³-hybridized carbons (Fsp3) is 0.360. The normalized spacial score (nSPS) is 16.7. The highest BCUT2D eigenvalue weighted by Crippen LogP contribution is 2.31. The molecule has 0 saturated carbocycles. The number of nitrogens with zero attached hydrogens (tertiary/aromatic N) is 5. The van der Waals surface area contributed by atoms with Crippen molar-refractivity contribution in [3.05, 3.63) is 70.8 Å². The Morgan fingerprint density at radius 3 is 2.56 bits per heavy atom. The highest BCUT2D eigenvalue weighted by molar-refractivity contribution is 5.96. The summed E-state index contributed by atoms with van der Waals surface area (Å²) in [7, 11) is 1.75. The molecule has 0 bridgehead atoms. The summed E-state index contributed by atoms with van der Waals surface area (Å²) in [4.78, 5) is 38.9. The molecule has 1 fully saturated rings. The number of carbonyl (C=O) groups excluding carboxylic acids is 1. The van der Waals surface area contributed by atoms with Crippen molar-refractivity contribution in [1.29, 1.82) is 0 Å². The Balaban J connectivity index is 1.33. The zero-order valence-electron chi connectivity index (χ0n) is 18.3. The van der Waals surface area contributed by atoms with Gasteiger partial charge in [-0.05, 0) is 49.4 Å². The standard InChI is InChI=1S/C25H27N5O2/c1-28-23(31)17-21(18-8-12-26-13-9-18)27-25(28)29-15-10-20(11-16-29)24(32)30-14-4-6-19-5-2-3-7-22(19)30/h2-3,5,7-9,12-13,17,20H,4,6,10-11,14-16H2,1H3. The molecule has 1 saturated heterocycles. The molecular weight excluding hydrogens is 402 g/mol. The second-order valence-electron chi connectivity index (χ2n) is 8.56. The zero-order valence-corrected chi connectivity index (χ0v) is 18.3. The maximum absolute atomic E-state index is 13.3. The summed E-state index contributed by atoms with van der Waals surface area (Å²) in [6.07, 6.45) is 6.95. The number of piperidine rings is 1. The number of anilines is 2. The second kappa shape index (κ2) is 8.57. The van der Waals surface area contributed by atoms with Crippen LogP contribution in [0, 0.1) is 5.92 Å². The highest BCUT2D eigenvalue weighted by Gasteiger charge is 2.32. The van der Waals surface area contributed by atoms with E-state index in [1.165, 1.54) is 5.56 Å². The molecule has 0 radical (unpaired) electrons. The van der Waals surface area contributed by atoms with E-state index in [0.717, 1.165) is 43.5 Å². The van der Waals surface area contributed by atoms with E-state index in [9.17, 15) is 9.59 Å². The number of aryl methyl sites for hydroxylation is 1. The van der Waals surface area contributed by atoms with Gasteiger partial charge in [0.2, 0.25) is 11.9 Å². The van der Waals surface area contributed by atoms with E-state index in [-0.39, 0.29) is 17.4 Å². The lowest BCUT2D eigenvalue weighted by molar-refractivity contribution is -0.123. The van der Waals surface area contributed by atoms with Gasteiger partial charge >= 0.3 is 0 Å². The first-order valence-corrected chi connectivity index (χ1v) is 11.2. The van der Waals surface area contributed by atoms with Crippen molar-refractivity contribution in [1.82, 2.24) is 14.5 Å². The molecule has 2 aliphatic rings. The van der Waals surface area contributed by atoms with Crippen LogP contribution in [-0.4, -0.2) is 40.1 Å². The van der Waals surface area contributed by atoms with E-state index in [1.54, 1.807) is 30.1 Å². The van der Waals surface area contributed by atoms with Crippen molar-refractivity contribution < 1.29 is 4.79 Å². The molecule has 7 heteroatoms. The molecule has 2 aliphatic heterocycles. The molecular formula is C25H27N5O2. The minimum absolute atomic E-state index is 0.00202. The molecule has 0 N–H and O–H groups in total. The van der Waals surface area contributed by atoms with E-state index >= 15 is 0 Å². The number of rotatable bonds is 3. The molecule has 1 amide bonds. The summed E-state index contributed by atoms with van der Waals surface area (Å²) >= 11 is 0. The van der Waals surface area contributed by atoms with Crippen LogP contribution >= 0.6 is 0 Å². The van der Waals surface area contributed by atoms with Gasteiger partial charge in [-0.1, -0.05) is 18.2 Å². The van der Waals surface area contributed by atoms with Gasteiger partial charge in [-0.3, -0.25) is 19.1 Å². The lowest BCUT2D eigenvalue weighted by Crippen LogP contribution is -2.45. The van der Waals surface area contributed by atoms with Crippen LogP contribution < -0.4 is 15.4 Å². The fourth-order valence-corrected chi connectivity index (χ4v) is 4.79. The summed E-state index contributed by atoms with van der Waals surface area (Å²) < 4.78 is 1.59. The van der Waals surface area contributed by atoms with Crippen LogP contribution in [0.5, 0.6) is 0 Å². The number of benzene rings is 1. The number of hydrogen-bond acceptors (Lipinski definition) is 5. The Morgan fingerprint density at radius 2 is 1.78 bits per heavy atom. The summed E-state index contributed by atoms with van der Waals surface area (Å²) in [5.74, 6) is 0.875. The minimum Gasteiger partial charge on any atom is -0.342 e. The largest absolute Gasteiger partial charge is 0.342 e. The van der Waals surface area contributed by atoms with Crippen LogP contribution in [-0.2, 0) is 18.3 Å². The molecule has 0 atom stereocenters. The van der Waals surface area contributed by atoms with Gasteiger partial charge in [0.1, 0.15) is 0 Å². The van der Waals surface area contributed by atoms with Crippen molar-refractivity contribution in [3.63, 3.8) is 0 Å². The first-order chi connectivity index (χ1) is 15.6. The lowest BCUT2D eigenvalue weighted by atomic mass is 9.93. The van der Waals surface area contributed by atoms with Crippen molar-refractivity contribution in [2.24, 2.45) is 13.0 Å². The second-order valence-corrected chi connectivity index (χ2v) is 8.56. The molecule has 3 aromatic rings. The van der Waals surface area contributed by atoms with Gasteiger partial charge in [0, 0.05) is 62.3 Å². The van der Waals surface area contributed by atoms with Gasteiger partial charge in [0.25, 0.3) is 5.56 Å². The molecule has 4 heterocycles. The minimum atomic E-state index is -0.0927. The van der Waals surface area contributed by atoms with Crippen molar-refractivity contribution in [2.45, 2.75) is 25.7 Å². The molecule has 0 spiro atoms. The van der Waals surface area contributed by atoms with Gasteiger partial charge in [0.05, 0.1) is 5.69 Å². The Morgan fingerprint density at radius 1 is 1.03 bits per heavy atom. The molecule has 2 aromatic heterocycles. The third-order valence-corrected chi connectivity index (χ3v) is 6.59. The number of carbonyl (C=O) groups is 1. The first kappa shape index (κ1) is 20.4. The predicted molar refractivity (Wildman–Crippen MR) is 125 cm³/mol. The SMILES string of the molecule is Cn1c(N2CCC(C(=O)N3CCCc4ccccc43)CC2)nc(-c2ccncc2)cc1=O. The van der Waals surface area contributed by atoms with Crippen molar-refractivity contribution in [3.8, 4) is 11.3 Å². The van der Waals surface area contributed by atoms with Gasteiger partial charge in [-0.25, -0.2) is 4.98 Å². The fourth-order valence-electron chi connectivity index (χ4n) is 4.79. The smallest absolute Gasteiger partial charge is 0.255 e. The number of pyridine rings is 1. The molecule has 1 aromatic carbocycles. The van der Waals surface area contributed by atoms with Crippen LogP contribution in [0.3, 0.4) is 0 Å².